The van der Waals surface area contributed by atoms with Crippen LogP contribution in [0.2, 0.25) is 10.0 Å². The molecule has 0 spiro atoms. The fourth-order valence-electron chi connectivity index (χ4n) is 4.42. The van der Waals surface area contributed by atoms with Crippen molar-refractivity contribution >= 4 is 39.1 Å². The second-order valence-corrected chi connectivity index (χ2v) is 10.2. The Morgan fingerprint density at radius 3 is 2.45 bits per heavy atom. The van der Waals surface area contributed by atoms with E-state index in [4.69, 9.17) is 32.7 Å². The Bertz CT molecular complexity index is 1310. The van der Waals surface area contributed by atoms with Gasteiger partial charge in [0, 0.05) is 26.0 Å². The minimum Gasteiger partial charge on any atom is -0.419 e. The summed E-state index contributed by atoms with van der Waals surface area (Å²) in [6.45, 7) is 4.29. The predicted molar refractivity (Wildman–Crippen MR) is 135 cm³/mol. The summed E-state index contributed by atoms with van der Waals surface area (Å²) in [5.74, 6) is 1.18. The van der Waals surface area contributed by atoms with Crippen LogP contribution in [0.15, 0.2) is 51.4 Å². The fourth-order valence-corrected chi connectivity index (χ4v) is 5.18. The molecule has 33 heavy (non-hydrogen) atoms. The molecular weight excluding hydrogens is 523 g/mol. The fraction of sp³-hybridized carbons (Fsp3) is 0.320. The molecule has 0 radical (unpaired) electrons. The Labute approximate surface area is 211 Å². The largest absolute Gasteiger partial charge is 0.419 e. The molecule has 2 aromatic heterocycles. The van der Waals surface area contributed by atoms with Crippen LogP contribution in [0.1, 0.15) is 51.0 Å². The molecule has 0 aliphatic heterocycles. The van der Waals surface area contributed by atoms with Gasteiger partial charge in [-0.05, 0) is 56.0 Å². The molecule has 2 heterocycles. The zero-order chi connectivity index (χ0) is 23.2. The molecule has 0 amide bonds. The van der Waals surface area contributed by atoms with E-state index in [-0.39, 0.29) is 5.41 Å². The van der Waals surface area contributed by atoms with E-state index in [0.29, 0.717) is 21.6 Å². The second kappa shape index (κ2) is 8.90. The van der Waals surface area contributed by atoms with Crippen molar-refractivity contribution in [3.05, 3.63) is 68.4 Å². The van der Waals surface area contributed by atoms with Crippen LogP contribution in [-0.4, -0.2) is 20.0 Å². The first-order valence-electron chi connectivity index (χ1n) is 11.1. The lowest BCUT2D eigenvalue weighted by Gasteiger charge is -2.11. The number of hydrogen-bond acceptors (Lipinski definition) is 4. The minimum atomic E-state index is 0.0446. The van der Waals surface area contributed by atoms with Gasteiger partial charge in [0.05, 0.1) is 16.4 Å². The van der Waals surface area contributed by atoms with Gasteiger partial charge in [-0.3, -0.25) is 0 Å². The molecule has 170 valence electrons. The van der Waals surface area contributed by atoms with E-state index < -0.39 is 0 Å². The maximum absolute atomic E-state index is 6.60. The Balaban J connectivity index is 1.70. The zero-order valence-corrected chi connectivity index (χ0v) is 21.5. The first-order valence-corrected chi connectivity index (χ1v) is 12.7. The number of rotatable bonds is 7. The summed E-state index contributed by atoms with van der Waals surface area (Å²) in [5.41, 5.74) is 4.46. The van der Waals surface area contributed by atoms with Gasteiger partial charge in [0.25, 0.3) is 5.89 Å². The van der Waals surface area contributed by atoms with Crippen LogP contribution in [0.5, 0.6) is 0 Å². The van der Waals surface area contributed by atoms with Crippen LogP contribution in [0.3, 0.4) is 0 Å². The number of benzene rings is 2. The smallest absolute Gasteiger partial charge is 0.268 e. The Hall–Kier alpha value is -2.15. The first-order chi connectivity index (χ1) is 16.0. The summed E-state index contributed by atoms with van der Waals surface area (Å²) in [6, 6.07) is 13.6. The third-order valence-electron chi connectivity index (χ3n) is 6.26. The molecule has 5 nitrogen and oxygen atoms in total. The standard InChI is InChI=1S/C25H23BrCl2N4O/c1-3-11-25(12-13-25)24-30-29-23(33-24)21-18(4-2)22(15-5-7-16(26)8-6-15)32(31-21)20-10-9-17(27)14-19(20)28/h5-10,14H,3-4,11-13H2,1-2H3. The van der Waals surface area contributed by atoms with E-state index in [0.717, 1.165) is 65.0 Å². The van der Waals surface area contributed by atoms with Crippen LogP contribution in [0, 0.1) is 0 Å². The quantitative estimate of drug-likeness (QED) is 0.235. The lowest BCUT2D eigenvalue weighted by atomic mass is 10.0. The van der Waals surface area contributed by atoms with Crippen molar-refractivity contribution in [1.82, 2.24) is 20.0 Å². The maximum atomic E-state index is 6.60. The summed E-state index contributed by atoms with van der Waals surface area (Å²) in [7, 11) is 0. The topological polar surface area (TPSA) is 56.7 Å². The highest BCUT2D eigenvalue weighted by Crippen LogP contribution is 2.51. The summed E-state index contributed by atoms with van der Waals surface area (Å²) in [5, 5.41) is 14.9. The molecule has 2 aromatic carbocycles. The first kappa shape index (κ1) is 22.6. The van der Waals surface area contributed by atoms with Crippen molar-refractivity contribution in [2.75, 3.05) is 0 Å². The van der Waals surface area contributed by atoms with E-state index in [1.165, 1.54) is 0 Å². The molecule has 0 saturated heterocycles. The van der Waals surface area contributed by atoms with Gasteiger partial charge in [0.1, 0.15) is 0 Å². The van der Waals surface area contributed by atoms with Crippen molar-refractivity contribution < 1.29 is 4.42 Å². The molecule has 1 aliphatic rings. The van der Waals surface area contributed by atoms with Gasteiger partial charge in [0.15, 0.2) is 5.69 Å². The minimum absolute atomic E-state index is 0.0446. The van der Waals surface area contributed by atoms with E-state index >= 15 is 0 Å². The molecule has 0 atom stereocenters. The van der Waals surface area contributed by atoms with E-state index in [1.54, 1.807) is 6.07 Å². The highest BCUT2D eigenvalue weighted by atomic mass is 79.9. The third kappa shape index (κ3) is 4.13. The van der Waals surface area contributed by atoms with Crippen LogP contribution >= 0.6 is 39.1 Å². The number of hydrogen-bond donors (Lipinski definition) is 0. The molecule has 1 aliphatic carbocycles. The third-order valence-corrected chi connectivity index (χ3v) is 7.32. The molecule has 1 fully saturated rings. The van der Waals surface area contributed by atoms with Gasteiger partial charge in [-0.2, -0.15) is 5.10 Å². The molecule has 4 aromatic rings. The molecule has 5 rings (SSSR count). The Morgan fingerprint density at radius 2 is 1.82 bits per heavy atom. The van der Waals surface area contributed by atoms with E-state index in [9.17, 15) is 0 Å². The van der Waals surface area contributed by atoms with Gasteiger partial charge in [-0.1, -0.05) is 71.5 Å². The highest BCUT2D eigenvalue weighted by Gasteiger charge is 2.48. The highest BCUT2D eigenvalue weighted by molar-refractivity contribution is 9.10. The molecule has 0 bridgehead atoms. The van der Waals surface area contributed by atoms with Crippen LogP contribution < -0.4 is 0 Å². The number of aromatic nitrogens is 4. The van der Waals surface area contributed by atoms with Crippen molar-refractivity contribution in [3.63, 3.8) is 0 Å². The number of nitrogens with zero attached hydrogens (tertiary/aromatic N) is 4. The lowest BCUT2D eigenvalue weighted by molar-refractivity contribution is 0.421. The molecule has 8 heteroatoms. The summed E-state index contributed by atoms with van der Waals surface area (Å²) in [6.07, 6.45) is 5.09. The van der Waals surface area contributed by atoms with Crippen LogP contribution in [-0.2, 0) is 11.8 Å². The molecule has 0 N–H and O–H groups in total. The van der Waals surface area contributed by atoms with Crippen molar-refractivity contribution in [3.8, 4) is 28.5 Å². The summed E-state index contributed by atoms with van der Waals surface area (Å²) < 4.78 is 9.11. The summed E-state index contributed by atoms with van der Waals surface area (Å²) in [4.78, 5) is 0. The number of halogens is 3. The maximum Gasteiger partial charge on any atom is 0.268 e. The van der Waals surface area contributed by atoms with Gasteiger partial charge < -0.3 is 4.42 Å². The van der Waals surface area contributed by atoms with Crippen molar-refractivity contribution in [1.29, 1.82) is 0 Å². The summed E-state index contributed by atoms with van der Waals surface area (Å²) >= 11 is 16.3. The SMILES string of the molecule is CCCC1(c2nnc(-c3nn(-c4ccc(Cl)cc4Cl)c(-c4ccc(Br)cc4)c3CC)o2)CC1. The van der Waals surface area contributed by atoms with Gasteiger partial charge in [-0.15, -0.1) is 10.2 Å². The van der Waals surface area contributed by atoms with E-state index in [1.807, 2.05) is 28.9 Å². The second-order valence-electron chi connectivity index (χ2n) is 8.49. The molecule has 1 saturated carbocycles. The van der Waals surface area contributed by atoms with E-state index in [2.05, 4.69) is 52.1 Å². The normalized spacial score (nSPS) is 14.6. The Kier molecular flexibility index (Phi) is 6.10. The van der Waals surface area contributed by atoms with Crippen LogP contribution in [0.4, 0.5) is 0 Å². The predicted octanol–water partition coefficient (Wildman–Crippen LogP) is 8.05. The van der Waals surface area contributed by atoms with Gasteiger partial charge in [0.2, 0.25) is 5.89 Å². The van der Waals surface area contributed by atoms with Crippen molar-refractivity contribution in [2.45, 2.75) is 51.4 Å². The monoisotopic (exact) mass is 544 g/mol. The Morgan fingerprint density at radius 1 is 1.06 bits per heavy atom. The lowest BCUT2D eigenvalue weighted by Crippen LogP contribution is -2.05. The van der Waals surface area contributed by atoms with Crippen LogP contribution in [0.25, 0.3) is 28.5 Å². The average molecular weight is 546 g/mol. The molecular formula is C25H23BrCl2N4O. The van der Waals surface area contributed by atoms with Gasteiger partial charge >= 0.3 is 0 Å². The van der Waals surface area contributed by atoms with Crippen molar-refractivity contribution in [2.24, 2.45) is 0 Å². The zero-order valence-electron chi connectivity index (χ0n) is 18.4. The molecule has 0 unspecified atom stereocenters. The average Bonchev–Trinajstić information content (AvgIpc) is 3.25. The van der Waals surface area contributed by atoms with Gasteiger partial charge in [-0.25, -0.2) is 4.68 Å².